The van der Waals surface area contributed by atoms with Crippen LogP contribution in [0, 0.1) is 0 Å². The molecule has 0 radical (unpaired) electrons. The van der Waals surface area contributed by atoms with Crippen LogP contribution >= 0.6 is 23.2 Å². The van der Waals surface area contributed by atoms with E-state index in [1.807, 2.05) is 24.3 Å². The van der Waals surface area contributed by atoms with E-state index < -0.39 is 24.2 Å². The van der Waals surface area contributed by atoms with Gasteiger partial charge in [-0.1, -0.05) is 53.5 Å². The Morgan fingerprint density at radius 1 is 1.09 bits per heavy atom. The SMILES string of the molecule is NCc1cccc(C2CCN(C(=O)C(OC(=O)C(F)(F)F)c3ccc(Cl)c(Cl)c3)CC2)c1. The molecular formula is C22H21Cl2F3N2O3. The highest BCUT2D eigenvalue weighted by atomic mass is 35.5. The number of rotatable bonds is 5. The molecule has 1 fully saturated rings. The first-order chi connectivity index (χ1) is 15.1. The molecule has 1 unspecified atom stereocenters. The van der Waals surface area contributed by atoms with E-state index in [0.717, 1.165) is 11.1 Å². The smallest absolute Gasteiger partial charge is 0.441 e. The van der Waals surface area contributed by atoms with Crippen molar-refractivity contribution in [2.24, 2.45) is 5.73 Å². The van der Waals surface area contributed by atoms with E-state index in [4.69, 9.17) is 28.9 Å². The number of likely N-dealkylation sites (tertiary alicyclic amines) is 1. The zero-order valence-corrected chi connectivity index (χ0v) is 18.4. The van der Waals surface area contributed by atoms with Crippen LogP contribution in [0.4, 0.5) is 13.2 Å². The molecule has 32 heavy (non-hydrogen) atoms. The topological polar surface area (TPSA) is 72.6 Å². The number of carbonyl (C=O) groups is 2. The maximum absolute atomic E-state index is 13.1. The van der Waals surface area contributed by atoms with Crippen molar-refractivity contribution in [2.45, 2.75) is 37.6 Å². The van der Waals surface area contributed by atoms with Gasteiger partial charge in [0.05, 0.1) is 10.0 Å². The van der Waals surface area contributed by atoms with Gasteiger partial charge < -0.3 is 15.4 Å². The normalized spacial score (nSPS) is 16.0. The van der Waals surface area contributed by atoms with Gasteiger partial charge in [0, 0.05) is 25.2 Å². The highest BCUT2D eigenvalue weighted by Crippen LogP contribution is 2.33. The second-order valence-electron chi connectivity index (χ2n) is 7.51. The van der Waals surface area contributed by atoms with Crippen molar-refractivity contribution in [3.05, 3.63) is 69.2 Å². The van der Waals surface area contributed by atoms with E-state index in [1.165, 1.54) is 23.1 Å². The summed E-state index contributed by atoms with van der Waals surface area (Å²) >= 11 is 11.8. The molecule has 1 aliphatic heterocycles. The Bertz CT molecular complexity index is 993. The number of esters is 1. The number of amides is 1. The number of hydrogen-bond acceptors (Lipinski definition) is 4. The zero-order chi connectivity index (χ0) is 23.5. The predicted octanol–water partition coefficient (Wildman–Crippen LogP) is 5.00. The number of alkyl halides is 3. The number of carbonyl (C=O) groups excluding carboxylic acids is 2. The number of piperidine rings is 1. The van der Waals surface area contributed by atoms with Crippen molar-refractivity contribution < 1.29 is 27.5 Å². The molecule has 1 atom stereocenters. The molecule has 2 N–H and O–H groups in total. The zero-order valence-electron chi connectivity index (χ0n) is 16.9. The predicted molar refractivity (Wildman–Crippen MR) is 114 cm³/mol. The molecule has 0 aromatic heterocycles. The molecule has 172 valence electrons. The van der Waals surface area contributed by atoms with Crippen molar-refractivity contribution in [3.8, 4) is 0 Å². The first kappa shape index (κ1) is 24.4. The Morgan fingerprint density at radius 2 is 1.78 bits per heavy atom. The quantitative estimate of drug-likeness (QED) is 0.600. The van der Waals surface area contributed by atoms with Crippen LogP contribution in [0.1, 0.15) is 41.6 Å². The van der Waals surface area contributed by atoms with Crippen LogP contribution in [0.2, 0.25) is 10.0 Å². The summed E-state index contributed by atoms with van der Waals surface area (Å²) in [4.78, 5) is 26.0. The summed E-state index contributed by atoms with van der Waals surface area (Å²) in [5.41, 5.74) is 7.81. The van der Waals surface area contributed by atoms with Crippen LogP contribution in [0.5, 0.6) is 0 Å². The summed E-state index contributed by atoms with van der Waals surface area (Å²) in [6.45, 7) is 1.02. The molecule has 2 aromatic rings. The summed E-state index contributed by atoms with van der Waals surface area (Å²) in [6.07, 6.45) is -5.80. The summed E-state index contributed by atoms with van der Waals surface area (Å²) in [7, 11) is 0. The second-order valence-corrected chi connectivity index (χ2v) is 8.32. The number of ether oxygens (including phenoxy) is 1. The van der Waals surface area contributed by atoms with E-state index in [1.54, 1.807) is 0 Å². The third-order valence-corrected chi connectivity index (χ3v) is 6.13. The van der Waals surface area contributed by atoms with Gasteiger partial charge in [-0.05, 0) is 42.0 Å². The van der Waals surface area contributed by atoms with Gasteiger partial charge in [-0.3, -0.25) is 4.79 Å². The van der Waals surface area contributed by atoms with Crippen LogP contribution in [0.3, 0.4) is 0 Å². The molecule has 0 saturated carbocycles. The average Bonchev–Trinajstić information content (AvgIpc) is 2.78. The van der Waals surface area contributed by atoms with Crippen LogP contribution < -0.4 is 5.73 Å². The third-order valence-electron chi connectivity index (χ3n) is 5.39. The summed E-state index contributed by atoms with van der Waals surface area (Å²) in [6, 6.07) is 11.7. The molecule has 1 aliphatic rings. The lowest BCUT2D eigenvalue weighted by atomic mass is 9.88. The minimum Gasteiger partial charge on any atom is -0.441 e. The molecule has 1 heterocycles. The van der Waals surface area contributed by atoms with Gasteiger partial charge in [0.25, 0.3) is 5.91 Å². The molecule has 0 spiro atoms. The lowest BCUT2D eigenvalue weighted by molar-refractivity contribution is -0.207. The van der Waals surface area contributed by atoms with Gasteiger partial charge in [-0.2, -0.15) is 13.2 Å². The van der Waals surface area contributed by atoms with E-state index in [0.29, 0.717) is 32.5 Å². The molecule has 0 aliphatic carbocycles. The van der Waals surface area contributed by atoms with Crippen molar-refractivity contribution >= 4 is 35.1 Å². The van der Waals surface area contributed by atoms with Gasteiger partial charge in [-0.15, -0.1) is 0 Å². The van der Waals surface area contributed by atoms with E-state index in [9.17, 15) is 22.8 Å². The molecular weight excluding hydrogens is 468 g/mol. The van der Waals surface area contributed by atoms with Gasteiger partial charge in [0.15, 0.2) is 0 Å². The van der Waals surface area contributed by atoms with Gasteiger partial charge in [-0.25, -0.2) is 4.79 Å². The Kier molecular flexibility index (Phi) is 7.69. The number of hydrogen-bond donors (Lipinski definition) is 1. The highest BCUT2D eigenvalue weighted by Gasteiger charge is 2.44. The van der Waals surface area contributed by atoms with Gasteiger partial charge >= 0.3 is 12.1 Å². The van der Waals surface area contributed by atoms with Crippen LogP contribution in [-0.4, -0.2) is 36.0 Å². The van der Waals surface area contributed by atoms with Gasteiger partial charge in [0.1, 0.15) is 0 Å². The fourth-order valence-electron chi connectivity index (χ4n) is 3.68. The minimum atomic E-state index is -5.24. The first-order valence-corrected chi connectivity index (χ1v) is 10.7. The van der Waals surface area contributed by atoms with Crippen LogP contribution in [0.25, 0.3) is 0 Å². The number of benzene rings is 2. The molecule has 5 nitrogen and oxygen atoms in total. The van der Waals surface area contributed by atoms with Crippen molar-refractivity contribution in [3.63, 3.8) is 0 Å². The summed E-state index contributed by atoms with van der Waals surface area (Å²) < 4.78 is 43.0. The van der Waals surface area contributed by atoms with Crippen molar-refractivity contribution in [1.82, 2.24) is 4.90 Å². The highest BCUT2D eigenvalue weighted by molar-refractivity contribution is 6.42. The van der Waals surface area contributed by atoms with E-state index in [-0.39, 0.29) is 21.5 Å². The lowest BCUT2D eigenvalue weighted by Crippen LogP contribution is -2.42. The van der Waals surface area contributed by atoms with Crippen LogP contribution in [0.15, 0.2) is 42.5 Å². The molecule has 10 heteroatoms. The fraction of sp³-hybridized carbons (Fsp3) is 0.364. The minimum absolute atomic E-state index is 0.0137. The summed E-state index contributed by atoms with van der Waals surface area (Å²) in [5, 5.41) is 0.188. The molecule has 1 amide bonds. The van der Waals surface area contributed by atoms with Crippen LogP contribution in [-0.2, 0) is 20.9 Å². The Hall–Kier alpha value is -2.29. The second kappa shape index (κ2) is 10.1. The van der Waals surface area contributed by atoms with E-state index in [2.05, 4.69) is 4.74 Å². The lowest BCUT2D eigenvalue weighted by Gasteiger charge is -2.34. The monoisotopic (exact) mass is 488 g/mol. The largest absolute Gasteiger partial charge is 0.490 e. The Morgan fingerprint density at radius 3 is 2.38 bits per heavy atom. The summed E-state index contributed by atoms with van der Waals surface area (Å²) in [5.74, 6) is -3.00. The third kappa shape index (κ3) is 5.74. The van der Waals surface area contributed by atoms with Crippen molar-refractivity contribution in [1.29, 1.82) is 0 Å². The Balaban J connectivity index is 1.77. The fourth-order valence-corrected chi connectivity index (χ4v) is 3.99. The number of nitrogens with two attached hydrogens (primary N) is 1. The number of halogens is 5. The molecule has 2 aromatic carbocycles. The Labute approximate surface area is 193 Å². The maximum atomic E-state index is 13.1. The first-order valence-electron chi connectivity index (χ1n) is 9.90. The van der Waals surface area contributed by atoms with E-state index >= 15 is 0 Å². The standard InChI is InChI=1S/C22H21Cl2F3N2O3/c23-17-5-4-16(11-18(17)24)19(32-21(31)22(25,26)27)20(30)29-8-6-14(7-9-29)15-3-1-2-13(10-15)12-28/h1-5,10-11,14,19H,6-9,12,28H2. The molecule has 1 saturated heterocycles. The van der Waals surface area contributed by atoms with Gasteiger partial charge in [0.2, 0.25) is 6.10 Å². The average molecular weight is 489 g/mol. The molecule has 3 rings (SSSR count). The maximum Gasteiger partial charge on any atom is 0.490 e. The number of nitrogens with zero attached hydrogens (tertiary/aromatic N) is 1. The molecule has 0 bridgehead atoms. The van der Waals surface area contributed by atoms with Crippen molar-refractivity contribution in [2.75, 3.05) is 13.1 Å².